The van der Waals surface area contributed by atoms with Gasteiger partial charge in [0.25, 0.3) is 0 Å². The monoisotopic (exact) mass is 242 g/mol. The molecule has 0 aliphatic heterocycles. The first-order valence-corrected chi connectivity index (χ1v) is 5.62. The fraction of sp³-hybridized carbons (Fsp3) is 0.154. The third kappa shape index (κ3) is 1.99. The van der Waals surface area contributed by atoms with Crippen LogP contribution in [-0.4, -0.2) is 30.5 Å². The van der Waals surface area contributed by atoms with Crippen LogP contribution in [0.2, 0.25) is 0 Å². The number of carbonyl (C=O) groups is 3. The fourth-order valence-corrected chi connectivity index (χ4v) is 2.08. The van der Waals surface area contributed by atoms with E-state index in [0.29, 0.717) is 22.2 Å². The second-order valence-corrected chi connectivity index (χ2v) is 4.20. The van der Waals surface area contributed by atoms with Crippen LogP contribution in [-0.2, 0) is 4.79 Å². The summed E-state index contributed by atoms with van der Waals surface area (Å²) in [5.74, 6) is -1.40. The van der Waals surface area contributed by atoms with Crippen LogP contribution in [0.15, 0.2) is 35.3 Å². The second-order valence-electron chi connectivity index (χ2n) is 4.20. The Hall–Kier alpha value is -2.17. The van der Waals surface area contributed by atoms with Crippen molar-refractivity contribution in [1.82, 2.24) is 0 Å². The number of ketones is 2. The molecular weight excluding hydrogens is 231 g/mol. The minimum atomic E-state index is -0.977. The summed E-state index contributed by atoms with van der Waals surface area (Å²) in [6, 6.07) is 6.62. The van der Waals surface area contributed by atoms with Crippen molar-refractivity contribution in [3.8, 4) is 0 Å². The Morgan fingerprint density at radius 1 is 1.11 bits per heavy atom. The largest absolute Gasteiger partial charge is 0.481 e. The van der Waals surface area contributed by atoms with Crippen LogP contribution in [0.3, 0.4) is 0 Å². The molecule has 0 amide bonds. The highest BCUT2D eigenvalue weighted by molar-refractivity contribution is 6.46. The quantitative estimate of drug-likeness (QED) is 0.796. The smallest absolute Gasteiger partial charge is 0.303 e. The number of Topliss-reactive ketones (excluding diaryl/α,β-unsaturated/α-hetero) is 2. The van der Waals surface area contributed by atoms with Gasteiger partial charge in [0.2, 0.25) is 0 Å². The number of hydrogen-bond donors (Lipinski definition) is 1. The summed E-state index contributed by atoms with van der Waals surface area (Å²) in [6.45, 7) is 0. The number of rotatable bonds is 3. The minimum absolute atomic E-state index is 0.0973. The number of allylic oxidation sites excluding steroid dienone is 2. The van der Waals surface area contributed by atoms with Gasteiger partial charge in [0.1, 0.15) is 7.85 Å². The molecule has 0 heterocycles. The Bertz CT molecular complexity index is 586. The molecule has 0 bridgehead atoms. The molecule has 90 valence electrons. The second kappa shape index (κ2) is 4.60. The molecule has 0 radical (unpaired) electrons. The van der Waals surface area contributed by atoms with Gasteiger partial charge in [-0.25, -0.2) is 0 Å². The van der Waals surface area contributed by atoms with Crippen LogP contribution in [0, 0.1) is 0 Å². The first kappa shape index (κ1) is 12.3. The number of carboxylic acid groups (broad SMARTS) is 1. The summed E-state index contributed by atoms with van der Waals surface area (Å²) in [7, 11) is 1.58. The average molecular weight is 242 g/mol. The van der Waals surface area contributed by atoms with Crippen LogP contribution in [0.4, 0.5) is 0 Å². The van der Waals surface area contributed by atoms with Crippen molar-refractivity contribution in [2.24, 2.45) is 0 Å². The summed E-state index contributed by atoms with van der Waals surface area (Å²) < 4.78 is 0. The molecule has 0 fully saturated rings. The van der Waals surface area contributed by atoms with E-state index in [-0.39, 0.29) is 24.4 Å². The Kier molecular flexibility index (Phi) is 3.14. The highest BCUT2D eigenvalue weighted by atomic mass is 16.4. The van der Waals surface area contributed by atoms with Crippen molar-refractivity contribution in [2.45, 2.75) is 12.8 Å². The van der Waals surface area contributed by atoms with Gasteiger partial charge in [0.15, 0.2) is 11.6 Å². The van der Waals surface area contributed by atoms with Gasteiger partial charge in [-0.1, -0.05) is 24.3 Å². The zero-order valence-corrected chi connectivity index (χ0v) is 9.90. The van der Waals surface area contributed by atoms with Crippen LogP contribution in [0.5, 0.6) is 0 Å². The van der Waals surface area contributed by atoms with Crippen molar-refractivity contribution in [3.63, 3.8) is 0 Å². The molecule has 1 aliphatic carbocycles. The van der Waals surface area contributed by atoms with Crippen molar-refractivity contribution in [3.05, 3.63) is 46.4 Å². The molecule has 0 saturated heterocycles. The molecule has 1 aromatic rings. The van der Waals surface area contributed by atoms with Gasteiger partial charge >= 0.3 is 5.97 Å². The standard InChI is InChI=1S/C13H11BO4/c14-11-9(5-6-10(15)16)12(17)7-3-1-2-4-8(7)13(11)18/h1-4H,5-6,14H2,(H,15,16). The molecule has 5 heteroatoms. The highest BCUT2D eigenvalue weighted by Gasteiger charge is 2.28. The van der Waals surface area contributed by atoms with Gasteiger partial charge < -0.3 is 5.11 Å². The van der Waals surface area contributed by atoms with Gasteiger partial charge in [0, 0.05) is 17.5 Å². The normalized spacial score (nSPS) is 14.7. The Morgan fingerprint density at radius 2 is 1.67 bits per heavy atom. The summed E-state index contributed by atoms with van der Waals surface area (Å²) >= 11 is 0. The molecule has 0 aromatic heterocycles. The maximum absolute atomic E-state index is 12.2. The molecule has 1 aromatic carbocycles. The van der Waals surface area contributed by atoms with E-state index >= 15 is 0 Å². The first-order valence-electron chi connectivity index (χ1n) is 5.62. The lowest BCUT2D eigenvalue weighted by Crippen LogP contribution is -2.22. The summed E-state index contributed by atoms with van der Waals surface area (Å²) in [4.78, 5) is 34.8. The van der Waals surface area contributed by atoms with Crippen LogP contribution >= 0.6 is 0 Å². The van der Waals surface area contributed by atoms with Crippen LogP contribution in [0.25, 0.3) is 0 Å². The molecule has 1 aliphatic rings. The number of hydrogen-bond acceptors (Lipinski definition) is 3. The van der Waals surface area contributed by atoms with Crippen molar-refractivity contribution in [1.29, 1.82) is 0 Å². The average Bonchev–Trinajstić information content (AvgIpc) is 2.36. The SMILES string of the molecule is BC1=C(CCC(=O)O)C(=O)c2ccccc2C1=O. The lowest BCUT2D eigenvalue weighted by atomic mass is 9.74. The van der Waals surface area contributed by atoms with E-state index in [1.807, 2.05) is 0 Å². The lowest BCUT2D eigenvalue weighted by Gasteiger charge is -2.18. The van der Waals surface area contributed by atoms with Gasteiger partial charge in [-0.3, -0.25) is 14.4 Å². The number of benzene rings is 1. The Labute approximate surface area is 105 Å². The maximum atomic E-state index is 12.2. The van der Waals surface area contributed by atoms with E-state index in [9.17, 15) is 14.4 Å². The molecule has 0 unspecified atom stereocenters. The molecule has 1 N–H and O–H groups in total. The van der Waals surface area contributed by atoms with Gasteiger partial charge in [-0.15, -0.1) is 0 Å². The predicted molar refractivity (Wildman–Crippen MR) is 67.5 cm³/mol. The highest BCUT2D eigenvalue weighted by Crippen LogP contribution is 2.27. The molecule has 0 saturated carbocycles. The van der Waals surface area contributed by atoms with E-state index in [4.69, 9.17) is 5.11 Å². The summed E-state index contributed by atoms with van der Waals surface area (Å²) in [5.41, 5.74) is 1.45. The zero-order chi connectivity index (χ0) is 13.3. The van der Waals surface area contributed by atoms with Gasteiger partial charge in [-0.05, 0) is 17.5 Å². The molecular formula is C13H11BO4. The predicted octanol–water partition coefficient (Wildman–Crippen LogP) is 0.818. The molecule has 4 nitrogen and oxygen atoms in total. The summed E-state index contributed by atoms with van der Waals surface area (Å²) in [5, 5.41) is 8.66. The van der Waals surface area contributed by atoms with Crippen molar-refractivity contribution >= 4 is 25.4 Å². The molecule has 2 rings (SSSR count). The number of carbonyl (C=O) groups excluding carboxylic acids is 2. The lowest BCUT2D eigenvalue weighted by molar-refractivity contribution is -0.136. The zero-order valence-electron chi connectivity index (χ0n) is 9.90. The number of aliphatic carboxylic acids is 1. The molecule has 0 spiro atoms. The van der Waals surface area contributed by atoms with E-state index in [1.54, 1.807) is 32.1 Å². The molecule has 18 heavy (non-hydrogen) atoms. The van der Waals surface area contributed by atoms with Crippen molar-refractivity contribution in [2.75, 3.05) is 0 Å². The summed E-state index contributed by atoms with van der Waals surface area (Å²) in [6.07, 6.45) is -0.0477. The van der Waals surface area contributed by atoms with E-state index < -0.39 is 5.97 Å². The topological polar surface area (TPSA) is 71.4 Å². The fourth-order valence-electron chi connectivity index (χ4n) is 2.08. The van der Waals surface area contributed by atoms with Crippen LogP contribution < -0.4 is 0 Å². The van der Waals surface area contributed by atoms with E-state index in [1.165, 1.54) is 0 Å². The van der Waals surface area contributed by atoms with Gasteiger partial charge in [0.05, 0.1) is 0 Å². The molecule has 0 atom stereocenters. The maximum Gasteiger partial charge on any atom is 0.303 e. The van der Waals surface area contributed by atoms with Crippen LogP contribution in [0.1, 0.15) is 33.6 Å². The number of carboxylic acids is 1. The van der Waals surface area contributed by atoms with Crippen molar-refractivity contribution < 1.29 is 19.5 Å². The minimum Gasteiger partial charge on any atom is -0.481 e. The first-order chi connectivity index (χ1) is 8.52. The van der Waals surface area contributed by atoms with E-state index in [0.717, 1.165) is 0 Å². The third-order valence-electron chi connectivity index (χ3n) is 3.07. The Balaban J connectivity index is 2.43. The number of fused-ring (bicyclic) bond motifs is 1. The van der Waals surface area contributed by atoms with Gasteiger partial charge in [-0.2, -0.15) is 0 Å². The third-order valence-corrected chi connectivity index (χ3v) is 3.07. The Morgan fingerprint density at radius 3 is 2.22 bits per heavy atom. The van der Waals surface area contributed by atoms with E-state index in [2.05, 4.69) is 0 Å².